The van der Waals surface area contributed by atoms with Crippen LogP contribution in [-0.2, 0) is 0 Å². The highest BCUT2D eigenvalue weighted by atomic mass is 32.2. The van der Waals surface area contributed by atoms with Gasteiger partial charge in [-0.2, -0.15) is 11.8 Å². The Kier molecular flexibility index (Phi) is 4.17. The molecule has 2 heterocycles. The molecule has 2 aliphatic heterocycles. The van der Waals surface area contributed by atoms with Crippen molar-refractivity contribution < 1.29 is 0 Å². The topological polar surface area (TPSA) is 15.3 Å². The molecule has 0 aromatic carbocycles. The van der Waals surface area contributed by atoms with Crippen molar-refractivity contribution in [2.24, 2.45) is 11.8 Å². The van der Waals surface area contributed by atoms with Gasteiger partial charge in [0.2, 0.25) is 0 Å². The highest BCUT2D eigenvalue weighted by molar-refractivity contribution is 7.99. The van der Waals surface area contributed by atoms with Crippen molar-refractivity contribution in [2.45, 2.75) is 64.1 Å². The Morgan fingerprint density at radius 3 is 2.63 bits per heavy atom. The summed E-state index contributed by atoms with van der Waals surface area (Å²) < 4.78 is 0. The lowest BCUT2D eigenvalue weighted by atomic mass is 9.86. The van der Waals surface area contributed by atoms with Crippen LogP contribution in [0.5, 0.6) is 0 Å². The smallest absolute Gasteiger partial charge is 0.0309 e. The van der Waals surface area contributed by atoms with Crippen LogP contribution in [-0.4, -0.2) is 47.1 Å². The van der Waals surface area contributed by atoms with Gasteiger partial charge in [-0.05, 0) is 50.2 Å². The van der Waals surface area contributed by atoms with Crippen LogP contribution in [0.25, 0.3) is 0 Å². The number of rotatable bonds is 3. The highest BCUT2D eigenvalue weighted by Gasteiger charge is 2.47. The first-order chi connectivity index (χ1) is 9.10. The molecule has 2 nitrogen and oxygen atoms in total. The van der Waals surface area contributed by atoms with Gasteiger partial charge in [-0.15, -0.1) is 0 Å². The SMILES string of the molecule is CC(C)C1CNC(C)(C2CC2)CN1C1CCCSC1. The lowest BCUT2D eigenvalue weighted by Crippen LogP contribution is -2.67. The first-order valence-corrected chi connectivity index (χ1v) is 9.34. The summed E-state index contributed by atoms with van der Waals surface area (Å²) in [5.41, 5.74) is 0.396. The van der Waals surface area contributed by atoms with E-state index in [1.165, 1.54) is 50.3 Å². The molecular weight excluding hydrogens is 252 g/mol. The molecule has 0 spiro atoms. The third-order valence-electron chi connectivity index (χ3n) is 5.51. The van der Waals surface area contributed by atoms with E-state index in [1.54, 1.807) is 0 Å². The fourth-order valence-corrected chi connectivity index (χ4v) is 5.17. The Balaban J connectivity index is 1.73. The average molecular weight is 282 g/mol. The summed E-state index contributed by atoms with van der Waals surface area (Å²) in [4.78, 5) is 2.89. The maximum atomic E-state index is 3.91. The van der Waals surface area contributed by atoms with Crippen LogP contribution in [0.15, 0.2) is 0 Å². The molecule has 110 valence electrons. The fourth-order valence-electron chi connectivity index (χ4n) is 4.01. The number of thioether (sulfide) groups is 1. The predicted octanol–water partition coefficient (Wildman–Crippen LogP) is 2.98. The van der Waals surface area contributed by atoms with Crippen molar-refractivity contribution in [3.05, 3.63) is 0 Å². The number of hydrogen-bond donors (Lipinski definition) is 1. The maximum Gasteiger partial charge on any atom is 0.0309 e. The number of nitrogens with zero attached hydrogens (tertiary/aromatic N) is 1. The number of piperazine rings is 1. The van der Waals surface area contributed by atoms with Gasteiger partial charge in [0.05, 0.1) is 0 Å². The van der Waals surface area contributed by atoms with Crippen molar-refractivity contribution >= 4 is 11.8 Å². The molecule has 3 heteroatoms. The van der Waals surface area contributed by atoms with Crippen LogP contribution in [0.2, 0.25) is 0 Å². The lowest BCUT2D eigenvalue weighted by Gasteiger charge is -2.51. The van der Waals surface area contributed by atoms with Crippen LogP contribution < -0.4 is 5.32 Å². The Morgan fingerprint density at radius 2 is 2.05 bits per heavy atom. The van der Waals surface area contributed by atoms with E-state index < -0.39 is 0 Å². The minimum absolute atomic E-state index is 0.396. The summed E-state index contributed by atoms with van der Waals surface area (Å²) >= 11 is 2.17. The zero-order valence-corrected chi connectivity index (χ0v) is 13.6. The highest BCUT2D eigenvalue weighted by Crippen LogP contribution is 2.42. The van der Waals surface area contributed by atoms with Crippen LogP contribution >= 0.6 is 11.8 Å². The Hall–Kier alpha value is 0.270. The van der Waals surface area contributed by atoms with Gasteiger partial charge in [-0.3, -0.25) is 4.90 Å². The summed E-state index contributed by atoms with van der Waals surface area (Å²) in [6, 6.07) is 1.59. The molecule has 1 aliphatic carbocycles. The van der Waals surface area contributed by atoms with Gasteiger partial charge in [0, 0.05) is 36.5 Å². The van der Waals surface area contributed by atoms with Crippen molar-refractivity contribution in [3.63, 3.8) is 0 Å². The monoisotopic (exact) mass is 282 g/mol. The molecule has 0 aromatic rings. The summed E-state index contributed by atoms with van der Waals surface area (Å²) in [6.07, 6.45) is 5.74. The Morgan fingerprint density at radius 1 is 1.26 bits per heavy atom. The second-order valence-electron chi connectivity index (χ2n) is 7.43. The zero-order valence-electron chi connectivity index (χ0n) is 12.8. The van der Waals surface area contributed by atoms with Crippen LogP contribution in [0, 0.1) is 11.8 Å². The van der Waals surface area contributed by atoms with Gasteiger partial charge in [0.1, 0.15) is 0 Å². The summed E-state index contributed by atoms with van der Waals surface area (Å²) in [5, 5.41) is 3.91. The lowest BCUT2D eigenvalue weighted by molar-refractivity contribution is 0.0216. The molecule has 0 radical (unpaired) electrons. The normalized spacial score (nSPS) is 41.7. The minimum Gasteiger partial charge on any atom is -0.308 e. The fraction of sp³-hybridized carbons (Fsp3) is 1.00. The standard InChI is InChI=1S/C16H30N2S/c1-12(2)15-9-17-16(3,13-6-7-13)11-18(15)14-5-4-8-19-10-14/h12-15,17H,4-11H2,1-3H3. The van der Waals surface area contributed by atoms with Crippen molar-refractivity contribution in [1.29, 1.82) is 0 Å². The van der Waals surface area contributed by atoms with Gasteiger partial charge in [0.25, 0.3) is 0 Å². The van der Waals surface area contributed by atoms with Gasteiger partial charge >= 0.3 is 0 Å². The van der Waals surface area contributed by atoms with E-state index in [9.17, 15) is 0 Å². The van der Waals surface area contributed by atoms with Gasteiger partial charge in [-0.1, -0.05) is 13.8 Å². The molecule has 1 saturated carbocycles. The van der Waals surface area contributed by atoms with Gasteiger partial charge in [-0.25, -0.2) is 0 Å². The van der Waals surface area contributed by atoms with Gasteiger partial charge in [0.15, 0.2) is 0 Å². The zero-order chi connectivity index (χ0) is 13.5. The van der Waals surface area contributed by atoms with Crippen molar-refractivity contribution in [1.82, 2.24) is 10.2 Å². The quantitative estimate of drug-likeness (QED) is 0.857. The molecular formula is C16H30N2S. The molecule has 2 saturated heterocycles. The van der Waals surface area contributed by atoms with Crippen molar-refractivity contribution in [2.75, 3.05) is 24.6 Å². The molecule has 0 aromatic heterocycles. The molecule has 3 unspecified atom stereocenters. The molecule has 3 fully saturated rings. The Labute approximate surface area is 123 Å². The van der Waals surface area contributed by atoms with Crippen LogP contribution in [0.1, 0.15) is 46.5 Å². The Bertz CT molecular complexity index is 310. The van der Waals surface area contributed by atoms with Gasteiger partial charge < -0.3 is 5.32 Å². The molecule has 3 aliphatic rings. The molecule has 3 rings (SSSR count). The van der Waals surface area contributed by atoms with E-state index in [2.05, 4.69) is 42.7 Å². The predicted molar refractivity (Wildman–Crippen MR) is 84.8 cm³/mol. The largest absolute Gasteiger partial charge is 0.308 e. The molecule has 3 atom stereocenters. The third-order valence-corrected chi connectivity index (χ3v) is 6.70. The van der Waals surface area contributed by atoms with Crippen LogP contribution in [0.4, 0.5) is 0 Å². The molecule has 1 N–H and O–H groups in total. The number of nitrogens with one attached hydrogen (secondary N) is 1. The molecule has 19 heavy (non-hydrogen) atoms. The first kappa shape index (κ1) is 14.2. The number of hydrogen-bond acceptors (Lipinski definition) is 3. The van der Waals surface area contributed by atoms with E-state index in [1.807, 2.05) is 0 Å². The summed E-state index contributed by atoms with van der Waals surface area (Å²) in [7, 11) is 0. The molecule has 0 amide bonds. The van der Waals surface area contributed by atoms with E-state index in [-0.39, 0.29) is 0 Å². The van der Waals surface area contributed by atoms with E-state index in [0.717, 1.165) is 23.9 Å². The van der Waals surface area contributed by atoms with E-state index in [0.29, 0.717) is 5.54 Å². The summed E-state index contributed by atoms with van der Waals surface area (Å²) in [5.74, 6) is 4.46. The van der Waals surface area contributed by atoms with Crippen molar-refractivity contribution in [3.8, 4) is 0 Å². The first-order valence-electron chi connectivity index (χ1n) is 8.19. The minimum atomic E-state index is 0.396. The maximum absolute atomic E-state index is 3.91. The second kappa shape index (κ2) is 5.57. The van der Waals surface area contributed by atoms with Crippen LogP contribution in [0.3, 0.4) is 0 Å². The third kappa shape index (κ3) is 2.98. The molecule has 0 bridgehead atoms. The van der Waals surface area contributed by atoms with E-state index >= 15 is 0 Å². The second-order valence-corrected chi connectivity index (χ2v) is 8.58. The summed E-state index contributed by atoms with van der Waals surface area (Å²) in [6.45, 7) is 9.76. The average Bonchev–Trinajstić information content (AvgIpc) is 3.24. The van der Waals surface area contributed by atoms with E-state index in [4.69, 9.17) is 0 Å².